The highest BCUT2D eigenvalue weighted by molar-refractivity contribution is 7.88. The van der Waals surface area contributed by atoms with Crippen molar-refractivity contribution in [2.24, 2.45) is 0 Å². The van der Waals surface area contributed by atoms with Gasteiger partial charge in [-0.05, 0) is 17.7 Å². The lowest BCUT2D eigenvalue weighted by Crippen LogP contribution is -3.13. The Balaban J connectivity index is 1.61. The van der Waals surface area contributed by atoms with Gasteiger partial charge >= 0.3 is 0 Å². The fourth-order valence-corrected chi connectivity index (χ4v) is 5.01. The molecular weight excluding hydrogens is 380 g/mol. The standard InChI is InChI=1S/C20H26N2O5S/c1-26-18-12-17(13-19(27-2)20(18)23)14-21-8-10-22(11-9-21)28(24,25)15-16-6-4-3-5-7-16/h3-7,12-13,23H,8-11,14-15H2,1-2H3/p+1. The third kappa shape index (κ3) is 4.76. The predicted molar refractivity (Wildman–Crippen MR) is 106 cm³/mol. The third-order valence-corrected chi connectivity index (χ3v) is 6.86. The summed E-state index contributed by atoms with van der Waals surface area (Å²) >= 11 is 0. The zero-order valence-electron chi connectivity index (χ0n) is 16.2. The van der Waals surface area contributed by atoms with E-state index < -0.39 is 10.0 Å². The van der Waals surface area contributed by atoms with Gasteiger partial charge in [0.2, 0.25) is 15.8 Å². The fourth-order valence-electron chi connectivity index (χ4n) is 3.47. The van der Waals surface area contributed by atoms with Gasteiger partial charge in [-0.25, -0.2) is 8.42 Å². The Bertz CT molecular complexity index is 869. The van der Waals surface area contributed by atoms with Crippen LogP contribution in [0.1, 0.15) is 11.1 Å². The second-order valence-corrected chi connectivity index (χ2v) is 8.89. The van der Waals surface area contributed by atoms with Crippen LogP contribution in [0.25, 0.3) is 0 Å². The molecule has 1 aliphatic heterocycles. The fraction of sp³-hybridized carbons (Fsp3) is 0.400. The van der Waals surface area contributed by atoms with Gasteiger partial charge in [-0.15, -0.1) is 0 Å². The second kappa shape index (κ2) is 8.81. The summed E-state index contributed by atoms with van der Waals surface area (Å²) in [6, 6.07) is 12.9. The van der Waals surface area contributed by atoms with Gasteiger partial charge in [0.05, 0.1) is 46.2 Å². The number of sulfonamides is 1. The number of aromatic hydroxyl groups is 1. The molecule has 0 saturated carbocycles. The normalized spacial score (nSPS) is 16.1. The lowest BCUT2D eigenvalue weighted by molar-refractivity contribution is -0.917. The summed E-state index contributed by atoms with van der Waals surface area (Å²) in [5.41, 5.74) is 1.78. The Morgan fingerprint density at radius 3 is 2.11 bits per heavy atom. The Labute approximate surface area is 166 Å². The van der Waals surface area contributed by atoms with Crippen LogP contribution < -0.4 is 14.4 Å². The number of phenolic OH excluding ortho intramolecular Hbond substituents is 1. The molecule has 2 aromatic rings. The molecule has 8 heteroatoms. The van der Waals surface area contributed by atoms with Crippen LogP contribution in [0.4, 0.5) is 0 Å². The molecule has 0 aliphatic carbocycles. The number of phenols is 1. The van der Waals surface area contributed by atoms with Crippen LogP contribution >= 0.6 is 0 Å². The smallest absolute Gasteiger partial charge is 0.218 e. The summed E-state index contributed by atoms with van der Waals surface area (Å²) in [6.07, 6.45) is 0. The number of benzene rings is 2. The van der Waals surface area contributed by atoms with E-state index >= 15 is 0 Å². The molecule has 1 aliphatic rings. The van der Waals surface area contributed by atoms with Crippen LogP contribution in [0.5, 0.6) is 17.2 Å². The molecule has 0 aromatic heterocycles. The van der Waals surface area contributed by atoms with E-state index in [0.29, 0.717) is 31.1 Å². The minimum atomic E-state index is -3.31. The number of methoxy groups -OCH3 is 2. The molecule has 152 valence electrons. The lowest BCUT2D eigenvalue weighted by atomic mass is 10.1. The lowest BCUT2D eigenvalue weighted by Gasteiger charge is -2.31. The largest absolute Gasteiger partial charge is 0.502 e. The minimum absolute atomic E-state index is 0.0134. The highest BCUT2D eigenvalue weighted by atomic mass is 32.2. The van der Waals surface area contributed by atoms with Crippen LogP contribution in [-0.4, -0.2) is 58.2 Å². The number of nitrogens with one attached hydrogen (secondary N) is 1. The van der Waals surface area contributed by atoms with Gasteiger partial charge in [0, 0.05) is 5.56 Å². The third-order valence-electron chi connectivity index (χ3n) is 5.01. The van der Waals surface area contributed by atoms with Crippen LogP contribution in [0, 0.1) is 0 Å². The van der Waals surface area contributed by atoms with Crippen molar-refractivity contribution >= 4 is 10.0 Å². The van der Waals surface area contributed by atoms with Crippen LogP contribution in [0.2, 0.25) is 0 Å². The molecule has 3 rings (SSSR count). The van der Waals surface area contributed by atoms with Crippen molar-refractivity contribution in [3.63, 3.8) is 0 Å². The van der Waals surface area contributed by atoms with Crippen molar-refractivity contribution < 1.29 is 27.9 Å². The highest BCUT2D eigenvalue weighted by Gasteiger charge is 2.29. The van der Waals surface area contributed by atoms with Crippen molar-refractivity contribution in [2.45, 2.75) is 12.3 Å². The van der Waals surface area contributed by atoms with Gasteiger partial charge in [-0.1, -0.05) is 30.3 Å². The van der Waals surface area contributed by atoms with E-state index in [0.717, 1.165) is 24.2 Å². The molecule has 0 unspecified atom stereocenters. The molecule has 0 atom stereocenters. The average molecular weight is 408 g/mol. The predicted octanol–water partition coefficient (Wildman–Crippen LogP) is 0.640. The highest BCUT2D eigenvalue weighted by Crippen LogP contribution is 2.36. The van der Waals surface area contributed by atoms with Crippen LogP contribution in [0.3, 0.4) is 0 Å². The van der Waals surface area contributed by atoms with Crippen LogP contribution in [-0.2, 0) is 22.3 Å². The Morgan fingerprint density at radius 2 is 1.57 bits per heavy atom. The topological polar surface area (TPSA) is 80.5 Å². The van der Waals surface area contributed by atoms with Gasteiger partial charge in [0.15, 0.2) is 11.5 Å². The quantitative estimate of drug-likeness (QED) is 0.704. The number of ether oxygens (including phenoxy) is 2. The Morgan fingerprint density at radius 1 is 1.00 bits per heavy atom. The number of hydrogen-bond donors (Lipinski definition) is 2. The van der Waals surface area contributed by atoms with E-state index in [1.54, 1.807) is 16.4 Å². The van der Waals surface area contributed by atoms with Gasteiger partial charge in [0.1, 0.15) is 6.54 Å². The molecule has 1 saturated heterocycles. The first-order valence-electron chi connectivity index (χ1n) is 9.22. The second-order valence-electron chi connectivity index (χ2n) is 6.92. The number of nitrogens with zero attached hydrogens (tertiary/aromatic N) is 1. The van der Waals surface area contributed by atoms with E-state index in [9.17, 15) is 13.5 Å². The van der Waals surface area contributed by atoms with Crippen molar-refractivity contribution in [1.29, 1.82) is 0 Å². The monoisotopic (exact) mass is 407 g/mol. The minimum Gasteiger partial charge on any atom is -0.502 e. The zero-order valence-corrected chi connectivity index (χ0v) is 17.0. The van der Waals surface area contributed by atoms with E-state index in [1.807, 2.05) is 30.3 Å². The number of rotatable bonds is 7. The van der Waals surface area contributed by atoms with Gasteiger partial charge in [-0.3, -0.25) is 0 Å². The Hall–Kier alpha value is -2.29. The molecule has 0 radical (unpaired) electrons. The SMILES string of the molecule is COc1cc(C[NH+]2CCN(S(=O)(=O)Cc3ccccc3)CC2)cc(OC)c1O. The van der Waals surface area contributed by atoms with E-state index in [1.165, 1.54) is 19.1 Å². The van der Waals surface area contributed by atoms with Crippen molar-refractivity contribution in [3.8, 4) is 17.2 Å². The molecule has 1 fully saturated rings. The summed E-state index contributed by atoms with van der Waals surface area (Å²) in [5, 5.41) is 10.0. The molecule has 2 N–H and O–H groups in total. The summed E-state index contributed by atoms with van der Waals surface area (Å²) < 4.78 is 37.4. The summed E-state index contributed by atoms with van der Waals surface area (Å²) in [5.74, 6) is 0.770. The average Bonchev–Trinajstić information content (AvgIpc) is 2.70. The van der Waals surface area contributed by atoms with E-state index in [-0.39, 0.29) is 11.5 Å². The summed E-state index contributed by atoms with van der Waals surface area (Å²) in [6.45, 7) is 3.15. The molecule has 7 nitrogen and oxygen atoms in total. The summed E-state index contributed by atoms with van der Waals surface area (Å²) in [7, 11) is -0.310. The maximum absolute atomic E-state index is 12.7. The van der Waals surface area contributed by atoms with Crippen molar-refractivity contribution in [3.05, 3.63) is 53.6 Å². The summed E-state index contributed by atoms with van der Waals surface area (Å²) in [4.78, 5) is 1.28. The first kappa shape index (κ1) is 20.4. The first-order valence-corrected chi connectivity index (χ1v) is 10.8. The number of hydrogen-bond acceptors (Lipinski definition) is 5. The molecule has 0 bridgehead atoms. The molecule has 1 heterocycles. The first-order chi connectivity index (χ1) is 13.4. The van der Waals surface area contributed by atoms with Crippen molar-refractivity contribution in [2.75, 3.05) is 40.4 Å². The number of quaternary nitrogens is 1. The maximum Gasteiger partial charge on any atom is 0.218 e. The molecule has 2 aromatic carbocycles. The number of piperazine rings is 1. The van der Waals surface area contributed by atoms with Crippen LogP contribution in [0.15, 0.2) is 42.5 Å². The molecule has 0 spiro atoms. The maximum atomic E-state index is 12.7. The molecule has 0 amide bonds. The van der Waals surface area contributed by atoms with E-state index in [4.69, 9.17) is 9.47 Å². The van der Waals surface area contributed by atoms with E-state index in [2.05, 4.69) is 0 Å². The Kier molecular flexibility index (Phi) is 6.43. The molecule has 28 heavy (non-hydrogen) atoms. The van der Waals surface area contributed by atoms with Gasteiger partial charge in [-0.2, -0.15) is 4.31 Å². The zero-order chi connectivity index (χ0) is 20.1. The van der Waals surface area contributed by atoms with Gasteiger partial charge < -0.3 is 19.5 Å². The molecular formula is C20H27N2O5S+. The van der Waals surface area contributed by atoms with Crippen molar-refractivity contribution in [1.82, 2.24) is 4.31 Å². The van der Waals surface area contributed by atoms with Gasteiger partial charge in [0.25, 0.3) is 0 Å².